The summed E-state index contributed by atoms with van der Waals surface area (Å²) in [5.74, 6) is -0.921. The molecule has 0 fully saturated rings. The normalized spacial score (nSPS) is 12.2. The maximum atomic E-state index is 13.4. The van der Waals surface area contributed by atoms with Crippen molar-refractivity contribution in [3.05, 3.63) is 29.6 Å². The number of ether oxygens (including phenoxy) is 1. The second kappa shape index (κ2) is 6.32. The number of aliphatic hydroxyl groups is 1. The quantitative estimate of drug-likeness (QED) is 0.740. The molecule has 0 aromatic heterocycles. The molecule has 1 unspecified atom stereocenters. The second-order valence-corrected chi connectivity index (χ2v) is 3.71. The molecule has 0 aliphatic carbocycles. The molecular formula is C12H16FNO3. The Morgan fingerprint density at radius 3 is 2.88 bits per heavy atom. The molecule has 94 valence electrons. The summed E-state index contributed by atoms with van der Waals surface area (Å²) in [6.07, 6.45) is -0.705. The van der Waals surface area contributed by atoms with E-state index >= 15 is 0 Å². The van der Waals surface area contributed by atoms with Crippen LogP contribution in [0.15, 0.2) is 18.2 Å². The summed E-state index contributed by atoms with van der Waals surface area (Å²) in [7, 11) is 1.48. The van der Waals surface area contributed by atoms with E-state index in [-0.39, 0.29) is 24.5 Å². The van der Waals surface area contributed by atoms with E-state index in [0.29, 0.717) is 5.69 Å². The Hall–Kier alpha value is -1.46. The van der Waals surface area contributed by atoms with E-state index in [1.54, 1.807) is 6.07 Å². The number of benzene rings is 1. The fourth-order valence-corrected chi connectivity index (χ4v) is 1.51. The zero-order chi connectivity index (χ0) is 12.8. The first-order valence-corrected chi connectivity index (χ1v) is 5.26. The number of nitrogens with one attached hydrogen (secondary N) is 1. The van der Waals surface area contributed by atoms with E-state index in [0.717, 1.165) is 0 Å². The lowest BCUT2D eigenvalue weighted by Crippen LogP contribution is -2.24. The SMILES string of the molecule is COCC(O)CNc1cccc(F)c1C(C)=O. The molecule has 0 aliphatic rings. The molecular weight excluding hydrogens is 225 g/mol. The fraction of sp³-hybridized carbons (Fsp3) is 0.417. The van der Waals surface area contributed by atoms with Crippen LogP contribution in [0.1, 0.15) is 17.3 Å². The molecule has 0 heterocycles. The highest BCUT2D eigenvalue weighted by Crippen LogP contribution is 2.19. The van der Waals surface area contributed by atoms with Gasteiger partial charge in [0.15, 0.2) is 5.78 Å². The summed E-state index contributed by atoms with van der Waals surface area (Å²) in [4.78, 5) is 11.3. The molecule has 0 spiro atoms. The van der Waals surface area contributed by atoms with Gasteiger partial charge in [-0.25, -0.2) is 4.39 Å². The second-order valence-electron chi connectivity index (χ2n) is 3.71. The fourth-order valence-electron chi connectivity index (χ4n) is 1.51. The highest BCUT2D eigenvalue weighted by Gasteiger charge is 2.13. The monoisotopic (exact) mass is 241 g/mol. The highest BCUT2D eigenvalue weighted by molar-refractivity contribution is 5.99. The van der Waals surface area contributed by atoms with Gasteiger partial charge >= 0.3 is 0 Å². The third-order valence-corrected chi connectivity index (χ3v) is 2.25. The third-order valence-electron chi connectivity index (χ3n) is 2.25. The predicted octanol–water partition coefficient (Wildman–Crippen LogP) is 1.45. The first-order valence-electron chi connectivity index (χ1n) is 5.26. The summed E-state index contributed by atoms with van der Waals surface area (Å²) in [5.41, 5.74) is 0.393. The van der Waals surface area contributed by atoms with Crippen LogP contribution in [-0.4, -0.2) is 37.3 Å². The van der Waals surface area contributed by atoms with Gasteiger partial charge in [0.25, 0.3) is 0 Å². The maximum absolute atomic E-state index is 13.4. The summed E-state index contributed by atoms with van der Waals surface area (Å²) < 4.78 is 18.2. The van der Waals surface area contributed by atoms with Crippen LogP contribution in [0.5, 0.6) is 0 Å². The minimum atomic E-state index is -0.705. The van der Waals surface area contributed by atoms with Crippen LogP contribution >= 0.6 is 0 Å². The number of aliphatic hydroxyl groups excluding tert-OH is 1. The Kier molecular flexibility index (Phi) is 5.06. The minimum absolute atomic E-state index is 0.0112. The van der Waals surface area contributed by atoms with Crippen molar-refractivity contribution >= 4 is 11.5 Å². The van der Waals surface area contributed by atoms with Crippen molar-refractivity contribution in [2.45, 2.75) is 13.0 Å². The topological polar surface area (TPSA) is 58.6 Å². The van der Waals surface area contributed by atoms with Gasteiger partial charge in [0, 0.05) is 19.3 Å². The first-order chi connectivity index (χ1) is 8.06. The smallest absolute Gasteiger partial charge is 0.164 e. The predicted molar refractivity (Wildman–Crippen MR) is 62.8 cm³/mol. The Bertz CT molecular complexity index is 395. The third kappa shape index (κ3) is 3.80. The number of rotatable bonds is 6. The Morgan fingerprint density at radius 1 is 1.59 bits per heavy atom. The molecule has 0 saturated heterocycles. The summed E-state index contributed by atoms with van der Waals surface area (Å²) >= 11 is 0. The summed E-state index contributed by atoms with van der Waals surface area (Å²) in [6.45, 7) is 1.67. The van der Waals surface area contributed by atoms with E-state index in [9.17, 15) is 14.3 Å². The van der Waals surface area contributed by atoms with Crippen molar-refractivity contribution in [1.29, 1.82) is 0 Å². The van der Waals surface area contributed by atoms with Crippen LogP contribution in [0.3, 0.4) is 0 Å². The van der Waals surface area contributed by atoms with Gasteiger partial charge in [-0.2, -0.15) is 0 Å². The molecule has 1 rings (SSSR count). The molecule has 0 amide bonds. The van der Waals surface area contributed by atoms with Crippen LogP contribution in [-0.2, 0) is 4.74 Å². The van der Waals surface area contributed by atoms with E-state index in [4.69, 9.17) is 4.74 Å². The van der Waals surface area contributed by atoms with Gasteiger partial charge in [0.1, 0.15) is 5.82 Å². The number of anilines is 1. The van der Waals surface area contributed by atoms with Crippen LogP contribution < -0.4 is 5.32 Å². The molecule has 0 saturated carbocycles. The molecule has 0 bridgehead atoms. The molecule has 5 heteroatoms. The van der Waals surface area contributed by atoms with E-state index in [1.165, 1.54) is 26.2 Å². The average molecular weight is 241 g/mol. The Morgan fingerprint density at radius 2 is 2.29 bits per heavy atom. The van der Waals surface area contributed by atoms with Gasteiger partial charge in [-0.3, -0.25) is 4.79 Å². The minimum Gasteiger partial charge on any atom is -0.389 e. The highest BCUT2D eigenvalue weighted by atomic mass is 19.1. The average Bonchev–Trinajstić information content (AvgIpc) is 2.26. The first kappa shape index (κ1) is 13.6. The molecule has 0 aliphatic heterocycles. The van der Waals surface area contributed by atoms with E-state index < -0.39 is 11.9 Å². The summed E-state index contributed by atoms with van der Waals surface area (Å²) in [5, 5.41) is 12.3. The Balaban J connectivity index is 2.77. The van der Waals surface area contributed by atoms with Crippen LogP contribution in [0, 0.1) is 5.82 Å². The number of halogens is 1. The van der Waals surface area contributed by atoms with Crippen molar-refractivity contribution in [1.82, 2.24) is 0 Å². The number of ketones is 1. The molecule has 4 nitrogen and oxygen atoms in total. The number of carbonyl (C=O) groups is 1. The molecule has 17 heavy (non-hydrogen) atoms. The van der Waals surface area contributed by atoms with Crippen molar-refractivity contribution < 1.29 is 19.0 Å². The zero-order valence-electron chi connectivity index (χ0n) is 9.87. The van der Waals surface area contributed by atoms with Crippen LogP contribution in [0.25, 0.3) is 0 Å². The van der Waals surface area contributed by atoms with E-state index in [1.807, 2.05) is 0 Å². The summed E-state index contributed by atoms with van der Waals surface area (Å²) in [6, 6.07) is 4.33. The van der Waals surface area contributed by atoms with Gasteiger partial charge in [0.2, 0.25) is 0 Å². The lowest BCUT2D eigenvalue weighted by Gasteiger charge is -2.14. The molecule has 1 aromatic carbocycles. The van der Waals surface area contributed by atoms with Crippen molar-refractivity contribution in [2.75, 3.05) is 25.6 Å². The number of methoxy groups -OCH3 is 1. The number of hydrogen-bond acceptors (Lipinski definition) is 4. The lowest BCUT2D eigenvalue weighted by atomic mass is 10.1. The van der Waals surface area contributed by atoms with Crippen LogP contribution in [0.2, 0.25) is 0 Å². The maximum Gasteiger partial charge on any atom is 0.164 e. The largest absolute Gasteiger partial charge is 0.389 e. The number of carbonyl (C=O) groups excluding carboxylic acids is 1. The van der Waals surface area contributed by atoms with Gasteiger partial charge < -0.3 is 15.2 Å². The van der Waals surface area contributed by atoms with Crippen LogP contribution in [0.4, 0.5) is 10.1 Å². The van der Waals surface area contributed by atoms with Crippen molar-refractivity contribution in [3.8, 4) is 0 Å². The Labute approximate surface area is 99.4 Å². The lowest BCUT2D eigenvalue weighted by molar-refractivity contribution is 0.0727. The van der Waals surface area contributed by atoms with Crippen molar-refractivity contribution in [3.63, 3.8) is 0 Å². The van der Waals surface area contributed by atoms with Gasteiger partial charge in [-0.1, -0.05) is 6.07 Å². The van der Waals surface area contributed by atoms with Gasteiger partial charge in [-0.05, 0) is 19.1 Å². The molecule has 1 atom stereocenters. The standard InChI is InChI=1S/C12H16FNO3/c1-8(15)12-10(13)4-3-5-11(12)14-6-9(16)7-17-2/h3-5,9,14,16H,6-7H2,1-2H3. The van der Waals surface area contributed by atoms with Crippen molar-refractivity contribution in [2.24, 2.45) is 0 Å². The number of Topliss-reactive ketones (excluding diaryl/α,β-unsaturated/α-hetero) is 1. The van der Waals surface area contributed by atoms with Gasteiger partial charge in [0.05, 0.1) is 18.3 Å². The molecule has 1 aromatic rings. The number of hydrogen-bond donors (Lipinski definition) is 2. The van der Waals surface area contributed by atoms with Gasteiger partial charge in [-0.15, -0.1) is 0 Å². The van der Waals surface area contributed by atoms with E-state index in [2.05, 4.69) is 5.32 Å². The molecule has 2 N–H and O–H groups in total. The zero-order valence-corrected chi connectivity index (χ0v) is 9.87. The molecule has 0 radical (unpaired) electrons.